The average molecular weight is 459 g/mol. The van der Waals surface area contributed by atoms with E-state index in [0.717, 1.165) is 11.3 Å². The number of carbonyl (C=O) groups excluding carboxylic acids is 1. The summed E-state index contributed by atoms with van der Waals surface area (Å²) in [6.45, 7) is 2.52. The van der Waals surface area contributed by atoms with Crippen molar-refractivity contribution in [3.8, 4) is 17.1 Å². The largest absolute Gasteiger partial charge is 0.494 e. The Morgan fingerprint density at radius 3 is 2.66 bits per heavy atom. The third-order valence-electron chi connectivity index (χ3n) is 5.33. The predicted molar refractivity (Wildman–Crippen MR) is 116 cm³/mol. The second kappa shape index (κ2) is 9.12. The summed E-state index contributed by atoms with van der Waals surface area (Å²) in [5, 5.41) is 3.92. The Balaban J connectivity index is 1.59. The van der Waals surface area contributed by atoms with E-state index < -0.39 is 27.6 Å². The lowest BCUT2D eigenvalue weighted by molar-refractivity contribution is 0.0670. The van der Waals surface area contributed by atoms with Gasteiger partial charge in [0.05, 0.1) is 18.1 Å². The maximum absolute atomic E-state index is 13.7. The molecular weight excluding hydrogens is 435 g/mol. The van der Waals surface area contributed by atoms with Crippen molar-refractivity contribution in [2.75, 3.05) is 18.1 Å². The van der Waals surface area contributed by atoms with Crippen LogP contribution in [0.1, 0.15) is 29.4 Å². The monoisotopic (exact) mass is 458 g/mol. The molecule has 1 atom stereocenters. The van der Waals surface area contributed by atoms with Crippen molar-refractivity contribution in [1.82, 2.24) is 10.1 Å². The summed E-state index contributed by atoms with van der Waals surface area (Å²) in [6, 6.07) is 14.1. The molecule has 1 saturated heterocycles. The van der Waals surface area contributed by atoms with Gasteiger partial charge in [0.1, 0.15) is 11.6 Å². The highest BCUT2D eigenvalue weighted by molar-refractivity contribution is 7.91. The maximum Gasteiger partial charge on any atom is 0.276 e. The van der Waals surface area contributed by atoms with Gasteiger partial charge < -0.3 is 14.2 Å². The molecule has 2 heterocycles. The molecule has 2 aromatic carbocycles. The third-order valence-corrected chi connectivity index (χ3v) is 7.08. The van der Waals surface area contributed by atoms with E-state index in [1.807, 2.05) is 6.92 Å². The molecule has 3 aromatic rings. The van der Waals surface area contributed by atoms with Gasteiger partial charge in [0, 0.05) is 24.2 Å². The van der Waals surface area contributed by atoms with Crippen molar-refractivity contribution in [1.29, 1.82) is 0 Å². The average Bonchev–Trinajstić information content (AvgIpc) is 3.39. The van der Waals surface area contributed by atoms with Crippen LogP contribution < -0.4 is 4.74 Å². The van der Waals surface area contributed by atoms with Gasteiger partial charge in [-0.15, -0.1) is 0 Å². The van der Waals surface area contributed by atoms with Gasteiger partial charge in [-0.25, -0.2) is 12.8 Å². The molecule has 168 valence electrons. The molecule has 9 heteroatoms. The highest BCUT2D eigenvalue weighted by Crippen LogP contribution is 2.26. The molecule has 4 rings (SSSR count). The molecule has 32 heavy (non-hydrogen) atoms. The lowest BCUT2D eigenvalue weighted by atomic mass is 10.1. The topological polar surface area (TPSA) is 89.7 Å². The van der Waals surface area contributed by atoms with Crippen molar-refractivity contribution in [2.24, 2.45) is 0 Å². The zero-order chi connectivity index (χ0) is 22.7. The van der Waals surface area contributed by atoms with Crippen LogP contribution in [0.5, 0.6) is 5.75 Å². The first kappa shape index (κ1) is 22.0. The Morgan fingerprint density at radius 2 is 2.00 bits per heavy atom. The molecular formula is C23H23FN2O5S. The standard InChI is InChI=1S/C23H23FN2O5S/c1-2-30-20-8-6-17(7-9-20)22-13-21(25-31-22)23(27)26(19-10-11-32(28,29)15-19)14-16-4-3-5-18(24)12-16/h3-9,12-13,19H,2,10-11,14-15H2,1H3. The number of carbonyl (C=O) groups is 1. The minimum Gasteiger partial charge on any atom is -0.494 e. The molecule has 1 amide bonds. The van der Waals surface area contributed by atoms with Crippen molar-refractivity contribution >= 4 is 15.7 Å². The Bertz CT molecular complexity index is 1210. The summed E-state index contributed by atoms with van der Waals surface area (Å²) in [7, 11) is -3.23. The molecule has 1 unspecified atom stereocenters. The van der Waals surface area contributed by atoms with Crippen molar-refractivity contribution < 1.29 is 26.9 Å². The number of amides is 1. The molecule has 0 N–H and O–H groups in total. The number of sulfone groups is 1. The lowest BCUT2D eigenvalue weighted by Gasteiger charge is -2.27. The number of aromatic nitrogens is 1. The van der Waals surface area contributed by atoms with Crippen LogP contribution in [-0.4, -0.2) is 48.5 Å². The number of hydrogen-bond donors (Lipinski definition) is 0. The Labute approximate surface area is 185 Å². The second-order valence-corrected chi connectivity index (χ2v) is 9.88. The minimum absolute atomic E-state index is 0.0147. The van der Waals surface area contributed by atoms with E-state index in [1.54, 1.807) is 36.4 Å². The van der Waals surface area contributed by atoms with E-state index in [1.165, 1.54) is 23.1 Å². The maximum atomic E-state index is 13.7. The smallest absolute Gasteiger partial charge is 0.276 e. The number of hydrogen-bond acceptors (Lipinski definition) is 6. The zero-order valence-electron chi connectivity index (χ0n) is 17.5. The van der Waals surface area contributed by atoms with E-state index >= 15 is 0 Å². The molecule has 1 aliphatic rings. The molecule has 1 aromatic heterocycles. The molecule has 0 aliphatic carbocycles. The van der Waals surface area contributed by atoms with Crippen molar-refractivity contribution in [2.45, 2.75) is 25.9 Å². The number of halogens is 1. The minimum atomic E-state index is -3.23. The van der Waals surface area contributed by atoms with Gasteiger partial charge >= 0.3 is 0 Å². The number of nitrogens with zero attached hydrogens (tertiary/aromatic N) is 2. The quantitative estimate of drug-likeness (QED) is 0.536. The second-order valence-electron chi connectivity index (χ2n) is 7.65. The SMILES string of the molecule is CCOc1ccc(-c2cc(C(=O)N(Cc3cccc(F)c3)C3CCS(=O)(=O)C3)no2)cc1. The van der Waals surface area contributed by atoms with Gasteiger partial charge in [0.15, 0.2) is 21.3 Å². The summed E-state index contributed by atoms with van der Waals surface area (Å²) in [5.41, 5.74) is 1.35. The summed E-state index contributed by atoms with van der Waals surface area (Å²) >= 11 is 0. The van der Waals surface area contributed by atoms with Crippen molar-refractivity contribution in [3.05, 3.63) is 71.7 Å². The van der Waals surface area contributed by atoms with Crippen LogP contribution in [0, 0.1) is 5.82 Å². The van der Waals surface area contributed by atoms with Crippen LogP contribution in [-0.2, 0) is 16.4 Å². The Morgan fingerprint density at radius 1 is 1.22 bits per heavy atom. The van der Waals surface area contributed by atoms with Crippen LogP contribution in [0.4, 0.5) is 4.39 Å². The van der Waals surface area contributed by atoms with E-state index in [-0.39, 0.29) is 23.7 Å². The summed E-state index contributed by atoms with van der Waals surface area (Å²) in [5.74, 6) is 0.126. The number of ether oxygens (including phenoxy) is 1. The van der Waals surface area contributed by atoms with E-state index in [0.29, 0.717) is 24.4 Å². The molecule has 7 nitrogen and oxygen atoms in total. The fourth-order valence-electron chi connectivity index (χ4n) is 3.76. The highest BCUT2D eigenvalue weighted by atomic mass is 32.2. The fraction of sp³-hybridized carbons (Fsp3) is 0.304. The molecule has 0 saturated carbocycles. The summed E-state index contributed by atoms with van der Waals surface area (Å²) in [6.07, 6.45) is 0.326. The van der Waals surface area contributed by atoms with Crippen LogP contribution in [0.25, 0.3) is 11.3 Å². The van der Waals surface area contributed by atoms with E-state index in [9.17, 15) is 17.6 Å². The van der Waals surface area contributed by atoms with Gasteiger partial charge in [-0.3, -0.25) is 4.79 Å². The number of rotatable bonds is 7. The van der Waals surface area contributed by atoms with Gasteiger partial charge in [-0.1, -0.05) is 17.3 Å². The molecule has 0 radical (unpaired) electrons. The molecule has 1 fully saturated rings. The Hall–Kier alpha value is -3.20. The van der Waals surface area contributed by atoms with Crippen LogP contribution in [0.3, 0.4) is 0 Å². The van der Waals surface area contributed by atoms with Gasteiger partial charge in [0.25, 0.3) is 5.91 Å². The van der Waals surface area contributed by atoms with Gasteiger partial charge in [-0.2, -0.15) is 0 Å². The first-order valence-corrected chi connectivity index (χ1v) is 12.1. The Kier molecular flexibility index (Phi) is 6.27. The van der Waals surface area contributed by atoms with Crippen LogP contribution >= 0.6 is 0 Å². The fourth-order valence-corrected chi connectivity index (χ4v) is 5.49. The third kappa shape index (κ3) is 4.99. The predicted octanol–water partition coefficient (Wildman–Crippen LogP) is 3.71. The van der Waals surface area contributed by atoms with Gasteiger partial charge in [-0.05, 0) is 55.3 Å². The molecule has 0 bridgehead atoms. The van der Waals surface area contributed by atoms with E-state index in [2.05, 4.69) is 5.16 Å². The summed E-state index contributed by atoms with van der Waals surface area (Å²) < 4.78 is 48.5. The normalized spacial score (nSPS) is 17.2. The highest BCUT2D eigenvalue weighted by Gasteiger charge is 2.36. The summed E-state index contributed by atoms with van der Waals surface area (Å²) in [4.78, 5) is 14.8. The molecule has 0 spiro atoms. The lowest BCUT2D eigenvalue weighted by Crippen LogP contribution is -2.40. The van der Waals surface area contributed by atoms with Crippen LogP contribution in [0.2, 0.25) is 0 Å². The number of benzene rings is 2. The first-order chi connectivity index (χ1) is 15.3. The molecule has 1 aliphatic heterocycles. The van der Waals surface area contributed by atoms with Crippen LogP contribution in [0.15, 0.2) is 59.1 Å². The van der Waals surface area contributed by atoms with Crippen molar-refractivity contribution in [3.63, 3.8) is 0 Å². The first-order valence-electron chi connectivity index (χ1n) is 10.3. The van der Waals surface area contributed by atoms with E-state index in [4.69, 9.17) is 9.26 Å². The zero-order valence-corrected chi connectivity index (χ0v) is 18.3. The van der Waals surface area contributed by atoms with Gasteiger partial charge in [0.2, 0.25) is 0 Å².